The first-order valence-electron chi connectivity index (χ1n) is 10.7. The van der Waals surface area contributed by atoms with E-state index in [1.54, 1.807) is 0 Å². The molecule has 32 heavy (non-hydrogen) atoms. The number of likely N-dealkylation sites (tertiary alicyclic amines) is 1. The summed E-state index contributed by atoms with van der Waals surface area (Å²) in [7, 11) is 0. The molecule has 8 heteroatoms. The standard InChI is InChI=1S/C24H24N2O6/c27-21(26-12-24(31,13-26)22(28)29)14-9-15(10-14)25-23(30)32-11-20-18-7-3-1-5-16(18)17-6-2-4-8-19(17)20/h1-8,14-15,20,31H,9-13H2,(H,25,30)(H,28,29). The number of fused-ring (bicyclic) bond motifs is 3. The molecule has 1 heterocycles. The van der Waals surface area contributed by atoms with Crippen LogP contribution in [0.2, 0.25) is 0 Å². The molecular weight excluding hydrogens is 412 g/mol. The van der Waals surface area contributed by atoms with Crippen LogP contribution in [0, 0.1) is 5.92 Å². The van der Waals surface area contributed by atoms with E-state index < -0.39 is 17.7 Å². The molecule has 2 aromatic carbocycles. The molecule has 5 rings (SSSR count). The number of amides is 2. The first-order chi connectivity index (χ1) is 15.4. The molecule has 0 aromatic heterocycles. The molecule has 0 bridgehead atoms. The summed E-state index contributed by atoms with van der Waals surface area (Å²) in [6.45, 7) is -0.152. The van der Waals surface area contributed by atoms with Crippen LogP contribution in [0.4, 0.5) is 4.79 Å². The van der Waals surface area contributed by atoms with Gasteiger partial charge in [-0.15, -0.1) is 0 Å². The Bertz CT molecular complexity index is 1040. The highest BCUT2D eigenvalue weighted by atomic mass is 16.5. The fourth-order valence-corrected chi connectivity index (χ4v) is 4.88. The molecule has 0 unspecified atom stereocenters. The normalized spacial score (nSPS) is 22.7. The highest BCUT2D eigenvalue weighted by molar-refractivity contribution is 5.87. The van der Waals surface area contributed by atoms with Gasteiger partial charge in [0, 0.05) is 17.9 Å². The van der Waals surface area contributed by atoms with Gasteiger partial charge >= 0.3 is 12.1 Å². The average molecular weight is 436 g/mol. The van der Waals surface area contributed by atoms with Crippen molar-refractivity contribution >= 4 is 18.0 Å². The summed E-state index contributed by atoms with van der Waals surface area (Å²) in [5.41, 5.74) is 2.79. The molecule has 1 aliphatic heterocycles. The van der Waals surface area contributed by atoms with Crippen LogP contribution in [0.3, 0.4) is 0 Å². The van der Waals surface area contributed by atoms with Crippen molar-refractivity contribution in [2.45, 2.75) is 30.4 Å². The first kappa shape index (κ1) is 20.5. The smallest absolute Gasteiger partial charge is 0.407 e. The van der Waals surface area contributed by atoms with Gasteiger partial charge < -0.3 is 25.2 Å². The largest absolute Gasteiger partial charge is 0.479 e. The first-order valence-corrected chi connectivity index (χ1v) is 10.7. The summed E-state index contributed by atoms with van der Waals surface area (Å²) in [5, 5.41) is 21.5. The van der Waals surface area contributed by atoms with E-state index in [-0.39, 0.29) is 43.5 Å². The van der Waals surface area contributed by atoms with Gasteiger partial charge in [0.15, 0.2) is 5.60 Å². The number of alkyl carbamates (subject to hydrolysis) is 1. The number of hydrogen-bond donors (Lipinski definition) is 3. The Morgan fingerprint density at radius 2 is 1.56 bits per heavy atom. The molecule has 3 aliphatic rings. The number of carbonyl (C=O) groups is 3. The lowest BCUT2D eigenvalue weighted by Gasteiger charge is -2.46. The number of carboxylic acid groups (broad SMARTS) is 1. The maximum Gasteiger partial charge on any atom is 0.407 e. The number of hydrogen-bond acceptors (Lipinski definition) is 5. The van der Waals surface area contributed by atoms with Gasteiger partial charge in [-0.2, -0.15) is 0 Å². The fourth-order valence-electron chi connectivity index (χ4n) is 4.88. The van der Waals surface area contributed by atoms with E-state index >= 15 is 0 Å². The Labute approximate surface area is 184 Å². The zero-order valence-electron chi connectivity index (χ0n) is 17.4. The van der Waals surface area contributed by atoms with Gasteiger partial charge in [0.05, 0.1) is 13.1 Å². The number of nitrogens with zero attached hydrogens (tertiary/aromatic N) is 1. The Hall–Kier alpha value is -3.39. The number of β-amino-alcohol motifs (C(OH)–C–C–N with tert-alkyl or cyclic N) is 1. The van der Waals surface area contributed by atoms with E-state index in [0.29, 0.717) is 12.8 Å². The Balaban J connectivity index is 1.10. The van der Waals surface area contributed by atoms with Crippen molar-refractivity contribution in [3.8, 4) is 11.1 Å². The second kappa shape index (κ2) is 7.63. The highest BCUT2D eigenvalue weighted by Gasteiger charge is 2.52. The molecule has 2 amide bonds. The van der Waals surface area contributed by atoms with Crippen molar-refractivity contribution in [1.29, 1.82) is 0 Å². The van der Waals surface area contributed by atoms with Crippen molar-refractivity contribution in [3.05, 3.63) is 59.7 Å². The molecule has 3 N–H and O–H groups in total. The zero-order chi connectivity index (χ0) is 22.5. The molecule has 0 spiro atoms. The van der Waals surface area contributed by atoms with Gasteiger partial charge in [-0.05, 0) is 35.1 Å². The second-order valence-corrected chi connectivity index (χ2v) is 8.87. The number of carboxylic acids is 1. The van der Waals surface area contributed by atoms with Crippen LogP contribution >= 0.6 is 0 Å². The molecule has 1 saturated carbocycles. The third-order valence-electron chi connectivity index (χ3n) is 6.77. The average Bonchev–Trinajstić information content (AvgIpc) is 3.05. The summed E-state index contributed by atoms with van der Waals surface area (Å²) >= 11 is 0. The Kier molecular flexibility index (Phi) is 4.89. The van der Waals surface area contributed by atoms with E-state index in [0.717, 1.165) is 11.1 Å². The molecule has 2 fully saturated rings. The van der Waals surface area contributed by atoms with Crippen molar-refractivity contribution < 1.29 is 29.3 Å². The summed E-state index contributed by atoms with van der Waals surface area (Å²) in [6.07, 6.45) is 0.447. The third kappa shape index (κ3) is 3.40. The van der Waals surface area contributed by atoms with Gasteiger partial charge in [0.25, 0.3) is 0 Å². The van der Waals surface area contributed by atoms with Crippen molar-refractivity contribution in [1.82, 2.24) is 10.2 Å². The lowest BCUT2D eigenvalue weighted by Crippen LogP contribution is -2.69. The van der Waals surface area contributed by atoms with Gasteiger partial charge in [-0.1, -0.05) is 48.5 Å². The number of ether oxygens (including phenoxy) is 1. The molecule has 2 aliphatic carbocycles. The summed E-state index contributed by atoms with van der Waals surface area (Å²) in [5.74, 6) is -1.78. The van der Waals surface area contributed by atoms with Crippen LogP contribution in [0.1, 0.15) is 29.9 Å². The molecule has 166 valence electrons. The Morgan fingerprint density at radius 1 is 1.00 bits per heavy atom. The third-order valence-corrected chi connectivity index (χ3v) is 6.77. The summed E-state index contributed by atoms with van der Waals surface area (Å²) in [4.78, 5) is 37.0. The predicted octanol–water partition coefficient (Wildman–Crippen LogP) is 1.96. The zero-order valence-corrected chi connectivity index (χ0v) is 17.4. The van der Waals surface area contributed by atoms with Crippen LogP contribution in [-0.4, -0.2) is 64.4 Å². The van der Waals surface area contributed by atoms with Crippen LogP contribution in [0.15, 0.2) is 48.5 Å². The minimum atomic E-state index is -1.83. The molecule has 1 saturated heterocycles. The van der Waals surface area contributed by atoms with Crippen LogP contribution < -0.4 is 5.32 Å². The fraction of sp³-hybridized carbons (Fsp3) is 0.375. The maximum atomic E-state index is 12.4. The number of carbonyl (C=O) groups excluding carboxylic acids is 2. The molecule has 2 aromatic rings. The van der Waals surface area contributed by atoms with E-state index in [2.05, 4.69) is 29.6 Å². The molecule has 0 atom stereocenters. The maximum absolute atomic E-state index is 12.4. The van der Waals surface area contributed by atoms with Gasteiger partial charge in [0.1, 0.15) is 6.61 Å². The van der Waals surface area contributed by atoms with Gasteiger partial charge in [-0.3, -0.25) is 4.79 Å². The van der Waals surface area contributed by atoms with Gasteiger partial charge in [0.2, 0.25) is 5.91 Å². The molecule has 8 nitrogen and oxygen atoms in total. The van der Waals surface area contributed by atoms with Crippen LogP contribution in [-0.2, 0) is 14.3 Å². The number of nitrogens with one attached hydrogen (secondary N) is 1. The Morgan fingerprint density at radius 3 is 2.12 bits per heavy atom. The van der Waals surface area contributed by atoms with Crippen molar-refractivity contribution in [3.63, 3.8) is 0 Å². The quantitative estimate of drug-likeness (QED) is 0.660. The number of rotatable bonds is 5. The lowest BCUT2D eigenvalue weighted by atomic mass is 9.78. The predicted molar refractivity (Wildman–Crippen MR) is 114 cm³/mol. The monoisotopic (exact) mass is 436 g/mol. The molecular formula is C24H24N2O6. The minimum absolute atomic E-state index is 0.0109. The van der Waals surface area contributed by atoms with E-state index in [1.165, 1.54) is 16.0 Å². The summed E-state index contributed by atoms with van der Waals surface area (Å²) < 4.78 is 5.53. The van der Waals surface area contributed by atoms with Crippen LogP contribution in [0.25, 0.3) is 11.1 Å². The highest BCUT2D eigenvalue weighted by Crippen LogP contribution is 2.44. The minimum Gasteiger partial charge on any atom is -0.479 e. The topological polar surface area (TPSA) is 116 Å². The van der Waals surface area contributed by atoms with E-state index in [9.17, 15) is 19.5 Å². The van der Waals surface area contributed by atoms with Crippen LogP contribution in [0.5, 0.6) is 0 Å². The van der Waals surface area contributed by atoms with E-state index in [1.807, 2.05) is 24.3 Å². The summed E-state index contributed by atoms with van der Waals surface area (Å²) in [6, 6.07) is 16.1. The number of aliphatic carboxylic acids is 1. The number of aliphatic hydroxyl groups is 1. The number of benzene rings is 2. The SMILES string of the molecule is O=C(NC1CC(C(=O)N2CC(O)(C(=O)O)C2)C1)OCC1c2ccccc2-c2ccccc21. The van der Waals surface area contributed by atoms with Gasteiger partial charge in [-0.25, -0.2) is 9.59 Å². The second-order valence-electron chi connectivity index (χ2n) is 8.87. The van der Waals surface area contributed by atoms with E-state index in [4.69, 9.17) is 9.84 Å². The van der Waals surface area contributed by atoms with Crippen molar-refractivity contribution in [2.24, 2.45) is 5.92 Å². The van der Waals surface area contributed by atoms with Crippen molar-refractivity contribution in [2.75, 3.05) is 19.7 Å². The lowest BCUT2D eigenvalue weighted by molar-refractivity contribution is -0.184. The molecule has 0 radical (unpaired) electrons.